The Kier molecular flexibility index (Phi) is 6.46. The van der Waals surface area contributed by atoms with Gasteiger partial charge in [-0.25, -0.2) is 12.7 Å². The van der Waals surface area contributed by atoms with Crippen molar-refractivity contribution in [2.45, 2.75) is 50.5 Å². The Hall–Kier alpha value is -1.60. The van der Waals surface area contributed by atoms with Gasteiger partial charge in [0.2, 0.25) is 10.0 Å². The van der Waals surface area contributed by atoms with Crippen molar-refractivity contribution in [3.8, 4) is 5.75 Å². The summed E-state index contributed by atoms with van der Waals surface area (Å²) in [5, 5.41) is 3.01. The molecule has 1 aliphatic carbocycles. The van der Waals surface area contributed by atoms with Crippen LogP contribution in [-0.4, -0.2) is 45.4 Å². The zero-order valence-corrected chi connectivity index (χ0v) is 16.2. The van der Waals surface area contributed by atoms with E-state index in [0.29, 0.717) is 5.92 Å². The topological polar surface area (TPSA) is 75.7 Å². The molecule has 6 nitrogen and oxygen atoms in total. The number of carbonyl (C=O) groups excluding carboxylic acids is 1. The third-order valence-corrected chi connectivity index (χ3v) is 6.51. The average molecular weight is 368 g/mol. The van der Waals surface area contributed by atoms with E-state index in [1.807, 2.05) is 6.92 Å². The van der Waals surface area contributed by atoms with Crippen LogP contribution in [0.15, 0.2) is 23.1 Å². The zero-order chi connectivity index (χ0) is 18.6. The van der Waals surface area contributed by atoms with E-state index in [9.17, 15) is 13.2 Å². The molecule has 1 aromatic carbocycles. The van der Waals surface area contributed by atoms with Gasteiger partial charge >= 0.3 is 0 Å². The normalized spacial score (nSPS) is 21.2. The summed E-state index contributed by atoms with van der Waals surface area (Å²) in [6.45, 7) is 3.77. The highest BCUT2D eigenvalue weighted by atomic mass is 32.2. The van der Waals surface area contributed by atoms with Crippen molar-refractivity contribution >= 4 is 15.9 Å². The SMILES string of the molecule is Cc1ccc(OCC(=O)N[C@H]2CCCC[C@H]2C)c(S(=O)(=O)N(C)C)c1. The molecule has 0 saturated heterocycles. The molecule has 25 heavy (non-hydrogen) atoms. The third kappa shape index (κ3) is 4.95. The summed E-state index contributed by atoms with van der Waals surface area (Å²) >= 11 is 0. The van der Waals surface area contributed by atoms with E-state index in [-0.39, 0.29) is 29.2 Å². The van der Waals surface area contributed by atoms with Gasteiger partial charge in [0, 0.05) is 20.1 Å². The molecule has 7 heteroatoms. The molecule has 1 amide bonds. The summed E-state index contributed by atoms with van der Waals surface area (Å²) in [6.07, 6.45) is 4.44. The molecule has 0 unspecified atom stereocenters. The molecule has 2 atom stereocenters. The maximum Gasteiger partial charge on any atom is 0.258 e. The molecule has 1 fully saturated rings. The monoisotopic (exact) mass is 368 g/mol. The summed E-state index contributed by atoms with van der Waals surface area (Å²) in [4.78, 5) is 12.3. The average Bonchev–Trinajstić information content (AvgIpc) is 2.55. The molecular weight excluding hydrogens is 340 g/mol. The van der Waals surface area contributed by atoms with Gasteiger partial charge in [0.15, 0.2) is 6.61 Å². The third-order valence-electron chi connectivity index (χ3n) is 4.67. The van der Waals surface area contributed by atoms with E-state index in [1.54, 1.807) is 18.2 Å². The quantitative estimate of drug-likeness (QED) is 0.836. The first-order valence-corrected chi connectivity index (χ1v) is 10.1. The number of hydrogen-bond donors (Lipinski definition) is 1. The molecule has 0 aromatic heterocycles. The molecular formula is C18H28N2O4S. The minimum Gasteiger partial charge on any atom is -0.482 e. The van der Waals surface area contributed by atoms with Crippen LogP contribution in [-0.2, 0) is 14.8 Å². The fourth-order valence-electron chi connectivity index (χ4n) is 3.06. The number of amides is 1. The Balaban J connectivity index is 2.06. The molecule has 0 bridgehead atoms. The highest BCUT2D eigenvalue weighted by molar-refractivity contribution is 7.89. The van der Waals surface area contributed by atoms with Crippen LogP contribution in [0.4, 0.5) is 0 Å². The second kappa shape index (κ2) is 8.19. The van der Waals surface area contributed by atoms with Crippen LogP contribution in [0.3, 0.4) is 0 Å². The van der Waals surface area contributed by atoms with Crippen LogP contribution in [0.5, 0.6) is 5.75 Å². The van der Waals surface area contributed by atoms with E-state index in [0.717, 1.165) is 29.1 Å². The molecule has 140 valence electrons. The molecule has 0 radical (unpaired) electrons. The Morgan fingerprint density at radius 1 is 1.28 bits per heavy atom. The van der Waals surface area contributed by atoms with Crippen molar-refractivity contribution in [2.24, 2.45) is 5.92 Å². The largest absolute Gasteiger partial charge is 0.482 e. The van der Waals surface area contributed by atoms with Crippen LogP contribution in [0, 0.1) is 12.8 Å². The maximum atomic E-state index is 12.5. The first-order valence-electron chi connectivity index (χ1n) is 8.67. The van der Waals surface area contributed by atoms with E-state index in [2.05, 4.69) is 12.2 Å². The van der Waals surface area contributed by atoms with Crippen LogP contribution in [0.25, 0.3) is 0 Å². The number of sulfonamides is 1. The van der Waals surface area contributed by atoms with Crippen molar-refractivity contribution in [3.63, 3.8) is 0 Å². The predicted octanol–water partition coefficient (Wildman–Crippen LogP) is 2.32. The Bertz CT molecular complexity index is 716. The highest BCUT2D eigenvalue weighted by Crippen LogP contribution is 2.27. The first-order chi connectivity index (χ1) is 11.7. The van der Waals surface area contributed by atoms with Crippen LogP contribution in [0.1, 0.15) is 38.2 Å². The molecule has 2 rings (SSSR count). The molecule has 1 aromatic rings. The predicted molar refractivity (Wildman–Crippen MR) is 97.1 cm³/mol. The molecule has 0 aliphatic heterocycles. The second-order valence-electron chi connectivity index (χ2n) is 6.96. The molecule has 0 heterocycles. The molecule has 0 spiro atoms. The van der Waals surface area contributed by atoms with Gasteiger partial charge in [-0.3, -0.25) is 4.79 Å². The number of carbonyl (C=O) groups is 1. The summed E-state index contributed by atoms with van der Waals surface area (Å²) in [7, 11) is -0.696. The minimum atomic E-state index is -3.64. The van der Waals surface area contributed by atoms with Gasteiger partial charge in [-0.15, -0.1) is 0 Å². The standard InChI is InChI=1S/C18H28N2O4S/c1-13-9-10-16(17(11-13)25(22,23)20(3)4)24-12-18(21)19-15-8-6-5-7-14(15)2/h9-11,14-15H,5-8,12H2,1-4H3,(H,19,21)/t14-,15+/m1/s1. The van der Waals surface area contributed by atoms with Gasteiger partial charge < -0.3 is 10.1 Å². The number of nitrogens with zero attached hydrogens (tertiary/aromatic N) is 1. The smallest absolute Gasteiger partial charge is 0.258 e. The van der Waals surface area contributed by atoms with Gasteiger partial charge in [-0.05, 0) is 43.4 Å². The lowest BCUT2D eigenvalue weighted by atomic mass is 9.86. The van der Waals surface area contributed by atoms with Crippen molar-refractivity contribution in [1.29, 1.82) is 0 Å². The molecule has 1 N–H and O–H groups in total. The van der Waals surface area contributed by atoms with Crippen LogP contribution >= 0.6 is 0 Å². The van der Waals surface area contributed by atoms with Gasteiger partial charge in [-0.2, -0.15) is 0 Å². The molecule has 1 saturated carbocycles. The summed E-state index contributed by atoms with van der Waals surface area (Å²) in [5.41, 5.74) is 0.813. The summed E-state index contributed by atoms with van der Waals surface area (Å²) in [6, 6.07) is 5.10. The first kappa shape index (κ1) is 19.7. The van der Waals surface area contributed by atoms with Crippen LogP contribution in [0.2, 0.25) is 0 Å². The van der Waals surface area contributed by atoms with Crippen molar-refractivity contribution in [1.82, 2.24) is 9.62 Å². The lowest BCUT2D eigenvalue weighted by molar-refractivity contribution is -0.124. The van der Waals surface area contributed by atoms with E-state index < -0.39 is 10.0 Å². The van der Waals surface area contributed by atoms with Gasteiger partial charge in [0.05, 0.1) is 0 Å². The summed E-state index contributed by atoms with van der Waals surface area (Å²) < 4.78 is 31.6. The number of hydrogen-bond acceptors (Lipinski definition) is 4. The fourth-order valence-corrected chi connectivity index (χ4v) is 4.16. The van der Waals surface area contributed by atoms with Crippen molar-refractivity contribution in [3.05, 3.63) is 23.8 Å². The number of aryl methyl sites for hydroxylation is 1. The Labute approximate surface area is 150 Å². The van der Waals surface area contributed by atoms with Crippen molar-refractivity contribution < 1.29 is 17.9 Å². The number of ether oxygens (including phenoxy) is 1. The molecule has 1 aliphatic rings. The second-order valence-corrected chi connectivity index (χ2v) is 9.08. The lowest BCUT2D eigenvalue weighted by Gasteiger charge is -2.29. The van der Waals surface area contributed by atoms with E-state index >= 15 is 0 Å². The van der Waals surface area contributed by atoms with Crippen molar-refractivity contribution in [2.75, 3.05) is 20.7 Å². The van der Waals surface area contributed by atoms with Gasteiger partial charge in [-0.1, -0.05) is 25.8 Å². The van der Waals surface area contributed by atoms with E-state index in [4.69, 9.17) is 4.74 Å². The van der Waals surface area contributed by atoms with Gasteiger partial charge in [0.1, 0.15) is 10.6 Å². The number of nitrogens with one attached hydrogen (secondary N) is 1. The Morgan fingerprint density at radius 3 is 2.60 bits per heavy atom. The zero-order valence-electron chi connectivity index (χ0n) is 15.4. The van der Waals surface area contributed by atoms with Gasteiger partial charge in [0.25, 0.3) is 5.91 Å². The minimum absolute atomic E-state index is 0.0799. The maximum absolute atomic E-state index is 12.5. The fraction of sp³-hybridized carbons (Fsp3) is 0.611. The van der Waals surface area contributed by atoms with Crippen LogP contribution < -0.4 is 10.1 Å². The highest BCUT2D eigenvalue weighted by Gasteiger charge is 2.25. The summed E-state index contributed by atoms with van der Waals surface area (Å²) in [5.74, 6) is 0.445. The number of rotatable bonds is 6. The van der Waals surface area contributed by atoms with E-state index in [1.165, 1.54) is 20.5 Å². The number of benzene rings is 1. The lowest BCUT2D eigenvalue weighted by Crippen LogP contribution is -2.43. The Morgan fingerprint density at radius 2 is 1.96 bits per heavy atom.